The zero-order chi connectivity index (χ0) is 16.8. The van der Waals surface area contributed by atoms with Crippen molar-refractivity contribution in [1.82, 2.24) is 5.32 Å². The maximum atomic E-state index is 13.0. The van der Waals surface area contributed by atoms with Crippen molar-refractivity contribution in [2.45, 2.75) is 26.8 Å². The van der Waals surface area contributed by atoms with Gasteiger partial charge in [-0.25, -0.2) is 4.39 Å². The molecule has 0 aliphatic heterocycles. The van der Waals surface area contributed by atoms with E-state index in [1.807, 2.05) is 45.0 Å². The minimum Gasteiger partial charge on any atom is -0.484 e. The Morgan fingerprint density at radius 1 is 1.09 bits per heavy atom. The van der Waals surface area contributed by atoms with Crippen molar-refractivity contribution in [3.63, 3.8) is 0 Å². The second-order valence-corrected chi connectivity index (χ2v) is 5.94. The summed E-state index contributed by atoms with van der Waals surface area (Å²) in [6, 6.07) is 13.6. The molecule has 0 saturated carbocycles. The zero-order valence-electron chi connectivity index (χ0n) is 13.7. The lowest BCUT2D eigenvalue weighted by atomic mass is 9.96. The fraction of sp³-hybridized carbons (Fsp3) is 0.316. The van der Waals surface area contributed by atoms with Crippen LogP contribution in [0.2, 0.25) is 0 Å². The second-order valence-electron chi connectivity index (χ2n) is 5.94. The number of nitrogens with one attached hydrogen (secondary N) is 1. The third-order valence-electron chi connectivity index (χ3n) is 3.60. The van der Waals surface area contributed by atoms with Crippen molar-refractivity contribution in [3.8, 4) is 5.75 Å². The van der Waals surface area contributed by atoms with E-state index in [2.05, 4.69) is 5.32 Å². The summed E-state index contributed by atoms with van der Waals surface area (Å²) in [5.74, 6) is 0.358. The second kappa shape index (κ2) is 7.77. The summed E-state index contributed by atoms with van der Waals surface area (Å²) >= 11 is 0. The Labute approximate surface area is 136 Å². The van der Waals surface area contributed by atoms with Crippen molar-refractivity contribution < 1.29 is 13.9 Å². The Hall–Kier alpha value is -2.36. The van der Waals surface area contributed by atoms with Crippen LogP contribution in [-0.2, 0) is 4.79 Å². The standard InChI is InChI=1S/C19H22FNO2/c1-13(2)19(15-6-8-16(20)9-7-15)21-18(22)12-23-17-10-4-14(3)5-11-17/h4-11,13,19H,12H2,1-3H3,(H,21,22). The minimum absolute atomic E-state index is 0.0481. The highest BCUT2D eigenvalue weighted by atomic mass is 19.1. The largest absolute Gasteiger partial charge is 0.484 e. The van der Waals surface area contributed by atoms with Crippen molar-refractivity contribution in [2.24, 2.45) is 5.92 Å². The van der Waals surface area contributed by atoms with Crippen LogP contribution in [0.5, 0.6) is 5.75 Å². The summed E-state index contributed by atoms with van der Waals surface area (Å²) in [7, 11) is 0. The van der Waals surface area contributed by atoms with Gasteiger partial charge in [0.15, 0.2) is 6.61 Å². The van der Waals surface area contributed by atoms with Crippen LogP contribution in [-0.4, -0.2) is 12.5 Å². The Morgan fingerprint density at radius 3 is 2.26 bits per heavy atom. The summed E-state index contributed by atoms with van der Waals surface area (Å²) in [6.07, 6.45) is 0. The lowest BCUT2D eigenvalue weighted by molar-refractivity contribution is -0.124. The molecule has 0 spiro atoms. The fourth-order valence-electron chi connectivity index (χ4n) is 2.30. The van der Waals surface area contributed by atoms with Gasteiger partial charge in [0.1, 0.15) is 11.6 Å². The summed E-state index contributed by atoms with van der Waals surface area (Å²) < 4.78 is 18.5. The number of aryl methyl sites for hydroxylation is 1. The first-order valence-electron chi connectivity index (χ1n) is 7.70. The van der Waals surface area contributed by atoms with Crippen LogP contribution in [0, 0.1) is 18.7 Å². The molecule has 0 aromatic heterocycles. The number of benzene rings is 2. The quantitative estimate of drug-likeness (QED) is 0.874. The molecule has 0 heterocycles. The van der Waals surface area contributed by atoms with Crippen molar-refractivity contribution in [2.75, 3.05) is 6.61 Å². The van der Waals surface area contributed by atoms with Crippen LogP contribution in [0.4, 0.5) is 4.39 Å². The molecule has 1 unspecified atom stereocenters. The van der Waals surface area contributed by atoms with Crippen molar-refractivity contribution in [3.05, 3.63) is 65.5 Å². The monoisotopic (exact) mass is 315 g/mol. The molecule has 3 nitrogen and oxygen atoms in total. The van der Waals surface area contributed by atoms with Gasteiger partial charge in [-0.3, -0.25) is 4.79 Å². The van der Waals surface area contributed by atoms with Crippen LogP contribution in [0.1, 0.15) is 31.0 Å². The Morgan fingerprint density at radius 2 is 1.70 bits per heavy atom. The predicted molar refractivity (Wildman–Crippen MR) is 88.8 cm³/mol. The van der Waals surface area contributed by atoms with Gasteiger partial charge in [-0.1, -0.05) is 43.7 Å². The van der Waals surface area contributed by atoms with Crippen molar-refractivity contribution >= 4 is 5.91 Å². The molecular weight excluding hydrogens is 293 g/mol. The first-order chi connectivity index (χ1) is 11.0. The molecule has 2 aromatic carbocycles. The fourth-order valence-corrected chi connectivity index (χ4v) is 2.30. The van der Waals surface area contributed by atoms with Crippen LogP contribution >= 0.6 is 0 Å². The highest BCUT2D eigenvalue weighted by molar-refractivity contribution is 5.78. The first-order valence-corrected chi connectivity index (χ1v) is 7.70. The van der Waals surface area contributed by atoms with Gasteiger partial charge in [-0.05, 0) is 42.7 Å². The highest BCUT2D eigenvalue weighted by Crippen LogP contribution is 2.22. The number of ether oxygens (including phenoxy) is 1. The van der Waals surface area contributed by atoms with Gasteiger partial charge in [0.25, 0.3) is 5.91 Å². The van der Waals surface area contributed by atoms with Crippen LogP contribution in [0.25, 0.3) is 0 Å². The topological polar surface area (TPSA) is 38.3 Å². The van der Waals surface area contributed by atoms with Gasteiger partial charge < -0.3 is 10.1 Å². The van der Waals surface area contributed by atoms with Gasteiger partial charge in [0.05, 0.1) is 6.04 Å². The number of rotatable bonds is 6. The molecule has 0 aliphatic rings. The predicted octanol–water partition coefficient (Wildman–Crippen LogP) is 4.03. The first kappa shape index (κ1) is 17.0. The van der Waals surface area contributed by atoms with Crippen LogP contribution < -0.4 is 10.1 Å². The van der Waals surface area contributed by atoms with E-state index in [4.69, 9.17) is 4.74 Å². The molecule has 1 amide bonds. The third kappa shape index (κ3) is 5.09. The van der Waals surface area contributed by atoms with E-state index in [0.29, 0.717) is 5.75 Å². The summed E-state index contributed by atoms with van der Waals surface area (Å²) in [4.78, 5) is 12.1. The SMILES string of the molecule is Cc1ccc(OCC(=O)NC(c2ccc(F)cc2)C(C)C)cc1. The van der Waals surface area contributed by atoms with E-state index in [1.165, 1.54) is 12.1 Å². The number of hydrogen-bond acceptors (Lipinski definition) is 2. The molecule has 2 aromatic rings. The average molecular weight is 315 g/mol. The van der Waals surface area contributed by atoms with Gasteiger partial charge in [0, 0.05) is 0 Å². The van der Waals surface area contributed by atoms with E-state index in [-0.39, 0.29) is 30.3 Å². The minimum atomic E-state index is -0.287. The molecule has 0 bridgehead atoms. The molecule has 1 N–H and O–H groups in total. The van der Waals surface area contributed by atoms with Gasteiger partial charge >= 0.3 is 0 Å². The number of hydrogen-bond donors (Lipinski definition) is 1. The van der Waals surface area contributed by atoms with Gasteiger partial charge in [-0.15, -0.1) is 0 Å². The summed E-state index contributed by atoms with van der Waals surface area (Å²) in [6.45, 7) is 5.96. The van der Waals surface area contributed by atoms with E-state index in [0.717, 1.165) is 11.1 Å². The molecule has 4 heteroatoms. The maximum Gasteiger partial charge on any atom is 0.258 e. The molecule has 23 heavy (non-hydrogen) atoms. The van der Waals surface area contributed by atoms with E-state index in [9.17, 15) is 9.18 Å². The van der Waals surface area contributed by atoms with E-state index in [1.54, 1.807) is 12.1 Å². The molecule has 0 fully saturated rings. The van der Waals surface area contributed by atoms with E-state index < -0.39 is 0 Å². The summed E-state index contributed by atoms with van der Waals surface area (Å²) in [5, 5.41) is 2.95. The molecule has 0 saturated heterocycles. The zero-order valence-corrected chi connectivity index (χ0v) is 13.7. The normalized spacial score (nSPS) is 12.0. The van der Waals surface area contributed by atoms with Gasteiger partial charge in [0.2, 0.25) is 0 Å². The number of carbonyl (C=O) groups is 1. The molecule has 0 aliphatic carbocycles. The Kier molecular flexibility index (Phi) is 5.74. The molecule has 2 rings (SSSR count). The maximum absolute atomic E-state index is 13.0. The van der Waals surface area contributed by atoms with Gasteiger partial charge in [-0.2, -0.15) is 0 Å². The van der Waals surface area contributed by atoms with Crippen LogP contribution in [0.3, 0.4) is 0 Å². The summed E-state index contributed by atoms with van der Waals surface area (Å²) in [5.41, 5.74) is 2.02. The van der Waals surface area contributed by atoms with Crippen LogP contribution in [0.15, 0.2) is 48.5 Å². The molecule has 1 atom stereocenters. The van der Waals surface area contributed by atoms with E-state index >= 15 is 0 Å². The smallest absolute Gasteiger partial charge is 0.258 e. The number of carbonyl (C=O) groups excluding carboxylic acids is 1. The van der Waals surface area contributed by atoms with Crippen molar-refractivity contribution in [1.29, 1.82) is 0 Å². The third-order valence-corrected chi connectivity index (χ3v) is 3.60. The molecule has 122 valence electrons. The number of amides is 1. The Balaban J connectivity index is 1.95. The average Bonchev–Trinajstić information content (AvgIpc) is 2.53. The lowest BCUT2D eigenvalue weighted by Gasteiger charge is -2.23. The lowest BCUT2D eigenvalue weighted by Crippen LogP contribution is -2.35. The molecule has 0 radical (unpaired) electrons. The number of halogens is 1. The Bertz CT molecular complexity index is 635. The highest BCUT2D eigenvalue weighted by Gasteiger charge is 2.18. The molecular formula is C19H22FNO2.